The van der Waals surface area contributed by atoms with Crippen LogP contribution in [0.15, 0.2) is 60.7 Å². The van der Waals surface area contributed by atoms with Gasteiger partial charge in [0, 0.05) is 38.3 Å². The Morgan fingerprint density at radius 1 is 0.943 bits per heavy atom. The number of amides is 1. The van der Waals surface area contributed by atoms with E-state index in [1.807, 2.05) is 18.2 Å². The SMILES string of the molecule is Br.COCCOCc1ccc2ccc(CN3CCC(NC(=O)c4cccc(OC)c4)CC3)cc2c1. The number of rotatable bonds is 10. The Morgan fingerprint density at radius 2 is 1.69 bits per heavy atom. The lowest BCUT2D eigenvalue weighted by Gasteiger charge is -2.32. The number of nitrogens with zero attached hydrogens (tertiary/aromatic N) is 1. The molecule has 1 aliphatic heterocycles. The van der Waals surface area contributed by atoms with E-state index in [-0.39, 0.29) is 28.9 Å². The molecular formula is C28H35BrN2O4. The number of piperidine rings is 1. The third kappa shape index (κ3) is 7.77. The van der Waals surface area contributed by atoms with Crippen LogP contribution in [0.1, 0.15) is 34.3 Å². The summed E-state index contributed by atoms with van der Waals surface area (Å²) >= 11 is 0. The van der Waals surface area contributed by atoms with Crippen molar-refractivity contribution in [2.45, 2.75) is 32.0 Å². The van der Waals surface area contributed by atoms with Crippen molar-refractivity contribution in [3.8, 4) is 5.75 Å². The summed E-state index contributed by atoms with van der Waals surface area (Å²) in [4.78, 5) is 15.1. The first-order valence-electron chi connectivity index (χ1n) is 11.9. The summed E-state index contributed by atoms with van der Waals surface area (Å²) in [6, 6.07) is 20.7. The topological polar surface area (TPSA) is 60.0 Å². The molecule has 7 heteroatoms. The predicted molar refractivity (Wildman–Crippen MR) is 145 cm³/mol. The van der Waals surface area contributed by atoms with Crippen LogP contribution in [0, 0.1) is 0 Å². The molecule has 0 saturated carbocycles. The van der Waals surface area contributed by atoms with Crippen LogP contribution in [-0.4, -0.2) is 57.4 Å². The van der Waals surface area contributed by atoms with Crippen LogP contribution in [0.4, 0.5) is 0 Å². The number of halogens is 1. The molecule has 188 valence electrons. The molecule has 3 aromatic carbocycles. The summed E-state index contributed by atoms with van der Waals surface area (Å²) in [7, 11) is 3.29. The Hall–Kier alpha value is -2.45. The molecule has 1 N–H and O–H groups in total. The molecule has 3 aromatic rings. The second kappa shape index (κ2) is 13.6. The Kier molecular flexibility index (Phi) is 10.5. The van der Waals surface area contributed by atoms with Gasteiger partial charge in [0.05, 0.1) is 26.9 Å². The zero-order chi connectivity index (χ0) is 23.8. The van der Waals surface area contributed by atoms with Gasteiger partial charge >= 0.3 is 0 Å². The van der Waals surface area contributed by atoms with Crippen molar-refractivity contribution < 1.29 is 19.0 Å². The molecular weight excluding hydrogens is 508 g/mol. The van der Waals surface area contributed by atoms with Gasteiger partial charge in [0.25, 0.3) is 5.91 Å². The Labute approximate surface area is 218 Å². The van der Waals surface area contributed by atoms with E-state index in [1.165, 1.54) is 21.9 Å². The monoisotopic (exact) mass is 542 g/mol. The first kappa shape index (κ1) is 27.1. The van der Waals surface area contributed by atoms with Crippen LogP contribution < -0.4 is 10.1 Å². The normalized spacial score (nSPS) is 14.5. The van der Waals surface area contributed by atoms with Crippen molar-refractivity contribution >= 4 is 33.7 Å². The first-order valence-corrected chi connectivity index (χ1v) is 11.9. The summed E-state index contributed by atoms with van der Waals surface area (Å²) in [6.45, 7) is 4.66. The number of methoxy groups -OCH3 is 2. The highest BCUT2D eigenvalue weighted by Crippen LogP contribution is 2.21. The van der Waals surface area contributed by atoms with Crippen LogP contribution >= 0.6 is 17.0 Å². The van der Waals surface area contributed by atoms with E-state index in [9.17, 15) is 4.79 Å². The molecule has 0 aliphatic carbocycles. The lowest BCUT2D eigenvalue weighted by Crippen LogP contribution is -2.44. The molecule has 4 rings (SSSR count). The molecule has 6 nitrogen and oxygen atoms in total. The van der Waals surface area contributed by atoms with Gasteiger partial charge in [-0.1, -0.05) is 30.3 Å². The Balaban J connectivity index is 0.00000342. The van der Waals surface area contributed by atoms with Gasteiger partial charge in [0.1, 0.15) is 5.75 Å². The lowest BCUT2D eigenvalue weighted by molar-refractivity contribution is 0.0617. The van der Waals surface area contributed by atoms with Gasteiger partial charge in [0.15, 0.2) is 0 Å². The fraction of sp³-hybridized carbons (Fsp3) is 0.393. The third-order valence-corrected chi connectivity index (χ3v) is 6.33. The molecule has 0 radical (unpaired) electrons. The molecule has 0 unspecified atom stereocenters. The average Bonchev–Trinajstić information content (AvgIpc) is 2.87. The summed E-state index contributed by atoms with van der Waals surface area (Å²) in [5.41, 5.74) is 3.12. The molecule has 1 amide bonds. The molecule has 1 heterocycles. The molecule has 0 atom stereocenters. The van der Waals surface area contributed by atoms with Crippen molar-refractivity contribution in [1.82, 2.24) is 10.2 Å². The average molecular weight is 544 g/mol. The molecule has 0 bridgehead atoms. The lowest BCUT2D eigenvalue weighted by atomic mass is 10.0. The van der Waals surface area contributed by atoms with Crippen LogP contribution in [0.5, 0.6) is 5.75 Å². The maximum Gasteiger partial charge on any atom is 0.251 e. The zero-order valence-electron chi connectivity index (χ0n) is 20.5. The second-order valence-corrected chi connectivity index (χ2v) is 8.82. The minimum Gasteiger partial charge on any atom is -0.497 e. The summed E-state index contributed by atoms with van der Waals surface area (Å²) < 4.78 is 15.9. The highest BCUT2D eigenvalue weighted by Gasteiger charge is 2.21. The molecule has 0 spiro atoms. The van der Waals surface area contributed by atoms with Crippen molar-refractivity contribution in [3.63, 3.8) is 0 Å². The fourth-order valence-electron chi connectivity index (χ4n) is 4.39. The minimum atomic E-state index is -0.0334. The quantitative estimate of drug-likeness (QED) is 0.366. The van der Waals surface area contributed by atoms with E-state index in [2.05, 4.69) is 46.6 Å². The summed E-state index contributed by atoms with van der Waals surface area (Å²) in [6.07, 6.45) is 1.90. The molecule has 35 heavy (non-hydrogen) atoms. The number of likely N-dealkylation sites (tertiary alicyclic amines) is 1. The smallest absolute Gasteiger partial charge is 0.251 e. The maximum absolute atomic E-state index is 12.6. The number of fused-ring (bicyclic) bond motifs is 1. The van der Waals surface area contributed by atoms with Crippen LogP contribution in [0.25, 0.3) is 10.8 Å². The summed E-state index contributed by atoms with van der Waals surface area (Å²) in [5.74, 6) is 0.664. The van der Waals surface area contributed by atoms with Gasteiger partial charge in [-0.05, 0) is 65.1 Å². The van der Waals surface area contributed by atoms with Gasteiger partial charge in [-0.25, -0.2) is 0 Å². The highest BCUT2D eigenvalue weighted by molar-refractivity contribution is 8.93. The van der Waals surface area contributed by atoms with Crippen molar-refractivity contribution in [3.05, 3.63) is 77.4 Å². The van der Waals surface area contributed by atoms with E-state index in [0.717, 1.165) is 32.5 Å². The molecule has 1 aliphatic rings. The van der Waals surface area contributed by atoms with Crippen LogP contribution in [0.2, 0.25) is 0 Å². The standard InChI is InChI=1S/C28H34N2O4.BrH/c1-32-14-15-34-20-22-7-9-23-8-6-21(16-25(23)17-22)19-30-12-10-26(11-13-30)29-28(31)24-4-3-5-27(18-24)33-2;/h3-9,16-18,26H,10-15,19-20H2,1-2H3,(H,29,31);1H. The number of carbonyl (C=O) groups is 1. The van der Waals surface area contributed by atoms with E-state index >= 15 is 0 Å². The van der Waals surface area contributed by atoms with Gasteiger partial charge in [-0.2, -0.15) is 0 Å². The van der Waals surface area contributed by atoms with E-state index in [1.54, 1.807) is 20.3 Å². The molecule has 0 aromatic heterocycles. The number of hydrogen-bond acceptors (Lipinski definition) is 5. The Bertz CT molecular complexity index is 1100. The van der Waals surface area contributed by atoms with Gasteiger partial charge in [-0.3, -0.25) is 9.69 Å². The molecule has 1 saturated heterocycles. The van der Waals surface area contributed by atoms with Crippen molar-refractivity contribution in [2.24, 2.45) is 0 Å². The first-order chi connectivity index (χ1) is 16.6. The van der Waals surface area contributed by atoms with Crippen molar-refractivity contribution in [1.29, 1.82) is 0 Å². The van der Waals surface area contributed by atoms with E-state index in [4.69, 9.17) is 14.2 Å². The van der Waals surface area contributed by atoms with Crippen LogP contribution in [0.3, 0.4) is 0 Å². The molecule has 1 fully saturated rings. The second-order valence-electron chi connectivity index (χ2n) is 8.82. The van der Waals surface area contributed by atoms with Gasteiger partial charge in [-0.15, -0.1) is 17.0 Å². The number of ether oxygens (including phenoxy) is 3. The number of carbonyl (C=O) groups excluding carboxylic acids is 1. The van der Waals surface area contributed by atoms with Gasteiger partial charge < -0.3 is 19.5 Å². The van der Waals surface area contributed by atoms with Gasteiger partial charge in [0.2, 0.25) is 0 Å². The minimum absolute atomic E-state index is 0. The number of nitrogens with one attached hydrogen (secondary N) is 1. The third-order valence-electron chi connectivity index (χ3n) is 6.33. The van der Waals surface area contributed by atoms with Crippen molar-refractivity contribution in [2.75, 3.05) is 40.5 Å². The highest BCUT2D eigenvalue weighted by atomic mass is 79.9. The maximum atomic E-state index is 12.6. The van der Waals surface area contributed by atoms with E-state index < -0.39 is 0 Å². The number of hydrogen-bond donors (Lipinski definition) is 1. The largest absolute Gasteiger partial charge is 0.497 e. The number of benzene rings is 3. The predicted octanol–water partition coefficient (Wildman–Crippen LogP) is 4.98. The zero-order valence-corrected chi connectivity index (χ0v) is 22.2. The fourth-order valence-corrected chi connectivity index (χ4v) is 4.39. The summed E-state index contributed by atoms with van der Waals surface area (Å²) in [5, 5.41) is 5.67. The Morgan fingerprint density at radius 3 is 2.43 bits per heavy atom. The van der Waals surface area contributed by atoms with Crippen LogP contribution in [-0.2, 0) is 22.6 Å². The van der Waals surface area contributed by atoms with E-state index in [0.29, 0.717) is 31.1 Å².